The molecule has 1 rings (SSSR count). The third kappa shape index (κ3) is 3.86. The van der Waals surface area contributed by atoms with Gasteiger partial charge >= 0.3 is 5.97 Å². The van der Waals surface area contributed by atoms with Gasteiger partial charge in [0.2, 0.25) is 0 Å². The fourth-order valence-corrected chi connectivity index (χ4v) is 2.08. The maximum atomic E-state index is 10.6. The molecule has 1 aromatic carbocycles. The van der Waals surface area contributed by atoms with Gasteiger partial charge in [-0.25, -0.2) is 0 Å². The largest absolute Gasteiger partial charge is 0.481 e. The zero-order valence-corrected chi connectivity index (χ0v) is 10.7. The van der Waals surface area contributed by atoms with Crippen molar-refractivity contribution >= 4 is 5.97 Å². The van der Waals surface area contributed by atoms with E-state index in [0.717, 1.165) is 5.56 Å². The Labute approximate surface area is 102 Å². The lowest BCUT2D eigenvalue weighted by Crippen LogP contribution is -2.25. The molecule has 0 amide bonds. The fourth-order valence-electron chi connectivity index (χ4n) is 2.08. The number of hydrogen-bond donors (Lipinski definition) is 1. The summed E-state index contributed by atoms with van der Waals surface area (Å²) >= 11 is 0. The molecular formula is C14H20O3. The zero-order valence-electron chi connectivity index (χ0n) is 10.7. The Morgan fingerprint density at radius 3 is 2.59 bits per heavy atom. The number of carbonyl (C=O) groups is 1. The van der Waals surface area contributed by atoms with E-state index in [4.69, 9.17) is 9.84 Å². The van der Waals surface area contributed by atoms with E-state index in [1.165, 1.54) is 5.56 Å². The lowest BCUT2D eigenvalue weighted by atomic mass is 9.81. The smallest absolute Gasteiger partial charge is 0.303 e. The molecule has 1 aromatic rings. The van der Waals surface area contributed by atoms with E-state index in [1.54, 1.807) is 7.11 Å². The SMILES string of the molecule is COCC(C)(C)c1ccccc1CCC(=O)O. The van der Waals surface area contributed by atoms with Crippen LogP contribution in [0.1, 0.15) is 31.4 Å². The molecule has 0 spiro atoms. The molecule has 0 unspecified atom stereocenters. The molecule has 0 bridgehead atoms. The predicted octanol–water partition coefficient (Wildman–Crippen LogP) is 2.63. The van der Waals surface area contributed by atoms with Crippen molar-refractivity contribution in [1.29, 1.82) is 0 Å². The van der Waals surface area contributed by atoms with Gasteiger partial charge in [0.15, 0.2) is 0 Å². The molecule has 1 N–H and O–H groups in total. The van der Waals surface area contributed by atoms with Crippen molar-refractivity contribution in [2.24, 2.45) is 0 Å². The summed E-state index contributed by atoms with van der Waals surface area (Å²) in [5.74, 6) is -0.760. The van der Waals surface area contributed by atoms with E-state index in [1.807, 2.05) is 18.2 Å². The summed E-state index contributed by atoms with van der Waals surface area (Å²) in [7, 11) is 1.68. The third-order valence-corrected chi connectivity index (χ3v) is 2.86. The van der Waals surface area contributed by atoms with Crippen LogP contribution in [0.5, 0.6) is 0 Å². The van der Waals surface area contributed by atoms with Gasteiger partial charge in [0, 0.05) is 18.9 Å². The number of methoxy groups -OCH3 is 1. The highest BCUT2D eigenvalue weighted by Gasteiger charge is 2.23. The van der Waals surface area contributed by atoms with Crippen molar-refractivity contribution in [3.8, 4) is 0 Å². The summed E-state index contributed by atoms with van der Waals surface area (Å²) in [6.45, 7) is 4.84. The Balaban J connectivity index is 2.94. The average Bonchev–Trinajstić information content (AvgIpc) is 2.26. The molecule has 0 aliphatic rings. The number of carboxylic acids is 1. The zero-order chi connectivity index (χ0) is 12.9. The summed E-state index contributed by atoms with van der Waals surface area (Å²) in [6, 6.07) is 7.98. The molecule has 17 heavy (non-hydrogen) atoms. The molecule has 0 aliphatic carbocycles. The second kappa shape index (κ2) is 5.82. The van der Waals surface area contributed by atoms with Crippen molar-refractivity contribution in [1.82, 2.24) is 0 Å². The van der Waals surface area contributed by atoms with Crippen LogP contribution < -0.4 is 0 Å². The van der Waals surface area contributed by atoms with Crippen LogP contribution in [0.25, 0.3) is 0 Å². The van der Waals surface area contributed by atoms with E-state index in [9.17, 15) is 4.79 Å². The number of aliphatic carboxylic acids is 1. The normalized spacial score (nSPS) is 11.5. The Bertz CT molecular complexity index is 383. The molecule has 0 fully saturated rings. The van der Waals surface area contributed by atoms with Gasteiger partial charge in [-0.15, -0.1) is 0 Å². The molecule has 0 aromatic heterocycles. The first-order valence-electron chi connectivity index (χ1n) is 5.76. The number of aryl methyl sites for hydroxylation is 1. The molecule has 94 valence electrons. The minimum atomic E-state index is -0.760. The first-order chi connectivity index (χ1) is 7.97. The second-order valence-electron chi connectivity index (χ2n) is 4.87. The monoisotopic (exact) mass is 236 g/mol. The van der Waals surface area contributed by atoms with E-state index >= 15 is 0 Å². The van der Waals surface area contributed by atoms with Gasteiger partial charge in [0.25, 0.3) is 0 Å². The number of carboxylic acid groups (broad SMARTS) is 1. The summed E-state index contributed by atoms with van der Waals surface area (Å²) < 4.78 is 5.23. The maximum Gasteiger partial charge on any atom is 0.303 e. The van der Waals surface area contributed by atoms with Gasteiger partial charge in [0.1, 0.15) is 0 Å². The van der Waals surface area contributed by atoms with E-state index < -0.39 is 5.97 Å². The molecule has 0 saturated heterocycles. The maximum absolute atomic E-state index is 10.6. The van der Waals surface area contributed by atoms with Crippen LogP contribution in [0.15, 0.2) is 24.3 Å². The molecule has 3 heteroatoms. The van der Waals surface area contributed by atoms with Crippen LogP contribution in [0.2, 0.25) is 0 Å². The van der Waals surface area contributed by atoms with Crippen molar-refractivity contribution in [3.63, 3.8) is 0 Å². The molecule has 0 atom stereocenters. The molecule has 0 heterocycles. The van der Waals surface area contributed by atoms with Crippen LogP contribution in [-0.4, -0.2) is 24.8 Å². The summed E-state index contributed by atoms with van der Waals surface area (Å²) in [5.41, 5.74) is 2.17. The lowest BCUT2D eigenvalue weighted by Gasteiger charge is -2.27. The molecule has 0 radical (unpaired) electrons. The number of hydrogen-bond acceptors (Lipinski definition) is 2. The predicted molar refractivity (Wildman–Crippen MR) is 67.3 cm³/mol. The average molecular weight is 236 g/mol. The van der Waals surface area contributed by atoms with Gasteiger partial charge in [-0.3, -0.25) is 4.79 Å². The minimum Gasteiger partial charge on any atom is -0.481 e. The molecule has 3 nitrogen and oxygen atoms in total. The van der Waals surface area contributed by atoms with Crippen molar-refractivity contribution in [3.05, 3.63) is 35.4 Å². The first-order valence-corrected chi connectivity index (χ1v) is 5.76. The van der Waals surface area contributed by atoms with Crippen LogP contribution in [-0.2, 0) is 21.4 Å². The number of ether oxygens (including phenoxy) is 1. The highest BCUT2D eigenvalue weighted by atomic mass is 16.5. The Morgan fingerprint density at radius 2 is 2.00 bits per heavy atom. The van der Waals surface area contributed by atoms with E-state index in [2.05, 4.69) is 19.9 Å². The van der Waals surface area contributed by atoms with Gasteiger partial charge in [-0.1, -0.05) is 38.1 Å². The minimum absolute atomic E-state index is 0.0934. The van der Waals surface area contributed by atoms with Gasteiger partial charge < -0.3 is 9.84 Å². The Morgan fingerprint density at radius 1 is 1.35 bits per heavy atom. The number of benzene rings is 1. The van der Waals surface area contributed by atoms with E-state index in [-0.39, 0.29) is 11.8 Å². The Kier molecular flexibility index (Phi) is 4.70. The lowest BCUT2D eigenvalue weighted by molar-refractivity contribution is -0.136. The van der Waals surface area contributed by atoms with Gasteiger partial charge in [-0.05, 0) is 17.5 Å². The highest BCUT2D eigenvalue weighted by Crippen LogP contribution is 2.27. The molecule has 0 saturated carbocycles. The Hall–Kier alpha value is -1.35. The molecule has 0 aliphatic heterocycles. The van der Waals surface area contributed by atoms with Gasteiger partial charge in [-0.2, -0.15) is 0 Å². The van der Waals surface area contributed by atoms with Crippen molar-refractivity contribution in [2.75, 3.05) is 13.7 Å². The van der Waals surface area contributed by atoms with Crippen LogP contribution in [0.3, 0.4) is 0 Å². The van der Waals surface area contributed by atoms with Crippen LogP contribution >= 0.6 is 0 Å². The van der Waals surface area contributed by atoms with Crippen molar-refractivity contribution < 1.29 is 14.6 Å². The summed E-state index contributed by atoms with van der Waals surface area (Å²) in [5, 5.41) is 8.75. The molecular weight excluding hydrogens is 216 g/mol. The topological polar surface area (TPSA) is 46.5 Å². The van der Waals surface area contributed by atoms with Gasteiger partial charge in [0.05, 0.1) is 6.61 Å². The van der Waals surface area contributed by atoms with Crippen LogP contribution in [0.4, 0.5) is 0 Å². The van der Waals surface area contributed by atoms with Crippen molar-refractivity contribution in [2.45, 2.75) is 32.1 Å². The van der Waals surface area contributed by atoms with E-state index in [0.29, 0.717) is 13.0 Å². The first kappa shape index (κ1) is 13.7. The summed E-state index contributed by atoms with van der Waals surface area (Å²) in [4.78, 5) is 10.6. The third-order valence-electron chi connectivity index (χ3n) is 2.86. The standard InChI is InChI=1S/C14H20O3/c1-14(2,10-17-3)12-7-5-4-6-11(12)8-9-13(15)16/h4-7H,8-10H2,1-3H3,(H,15,16). The fraction of sp³-hybridized carbons (Fsp3) is 0.500. The second-order valence-corrected chi connectivity index (χ2v) is 4.87. The van der Waals surface area contributed by atoms with Crippen LogP contribution in [0, 0.1) is 0 Å². The number of rotatable bonds is 6. The quantitative estimate of drug-likeness (QED) is 0.826. The summed E-state index contributed by atoms with van der Waals surface area (Å²) in [6.07, 6.45) is 0.735. The highest BCUT2D eigenvalue weighted by molar-refractivity contribution is 5.67.